The van der Waals surface area contributed by atoms with Gasteiger partial charge in [0, 0.05) is 12.2 Å². The molecule has 2 rings (SSSR count). The van der Waals surface area contributed by atoms with E-state index >= 15 is 0 Å². The zero-order chi connectivity index (χ0) is 17.4. The van der Waals surface area contributed by atoms with Crippen LogP contribution in [-0.4, -0.2) is 5.71 Å². The van der Waals surface area contributed by atoms with Gasteiger partial charge in [0.25, 0.3) is 0 Å². The second kappa shape index (κ2) is 9.07. The van der Waals surface area contributed by atoms with Crippen LogP contribution >= 0.6 is 0 Å². The molecule has 0 heterocycles. The Hall–Kier alpha value is -2.35. The van der Waals surface area contributed by atoms with Crippen molar-refractivity contribution in [1.29, 1.82) is 5.41 Å². The molecular weight excluding hydrogens is 292 g/mol. The summed E-state index contributed by atoms with van der Waals surface area (Å²) in [5.74, 6) is 0. The standard InChI is InChI=1S/C22H28N2/c1-4-7-19-9-6-10-20(15-19)16-24-18(3)12-13-22(23)21-11-5-8-17(2)14-21/h6,8-10,12-15,23-24H,3-5,7,11,16H2,1-2H3/b13-12-,23-22?. The van der Waals surface area contributed by atoms with E-state index in [2.05, 4.69) is 62.2 Å². The Morgan fingerprint density at radius 2 is 2.08 bits per heavy atom. The van der Waals surface area contributed by atoms with Crippen LogP contribution in [0.3, 0.4) is 0 Å². The van der Waals surface area contributed by atoms with E-state index in [0.29, 0.717) is 5.71 Å². The second-order valence-corrected chi connectivity index (χ2v) is 6.35. The van der Waals surface area contributed by atoms with Gasteiger partial charge in [0.1, 0.15) is 0 Å². The molecule has 0 aliphatic heterocycles. The Morgan fingerprint density at radius 3 is 2.83 bits per heavy atom. The Bertz CT molecular complexity index is 690. The minimum absolute atomic E-state index is 0.579. The number of rotatable bonds is 8. The van der Waals surface area contributed by atoms with Crippen LogP contribution < -0.4 is 5.32 Å². The number of allylic oxidation sites excluding steroid dienone is 6. The lowest BCUT2D eigenvalue weighted by atomic mass is 9.96. The van der Waals surface area contributed by atoms with Crippen LogP contribution in [0.1, 0.15) is 44.2 Å². The summed E-state index contributed by atoms with van der Waals surface area (Å²) in [5, 5.41) is 11.5. The maximum absolute atomic E-state index is 8.19. The van der Waals surface area contributed by atoms with Gasteiger partial charge in [-0.2, -0.15) is 0 Å². The van der Waals surface area contributed by atoms with E-state index in [1.807, 2.05) is 12.2 Å². The van der Waals surface area contributed by atoms with Gasteiger partial charge in [0.05, 0.1) is 5.71 Å². The fourth-order valence-corrected chi connectivity index (χ4v) is 2.82. The van der Waals surface area contributed by atoms with Gasteiger partial charge in [-0.15, -0.1) is 0 Å². The maximum atomic E-state index is 8.19. The fraction of sp³-hybridized carbons (Fsp3) is 0.318. The number of hydrogen-bond acceptors (Lipinski definition) is 2. The van der Waals surface area contributed by atoms with Gasteiger partial charge >= 0.3 is 0 Å². The minimum atomic E-state index is 0.579. The number of aryl methyl sites for hydroxylation is 1. The lowest BCUT2D eigenvalue weighted by Crippen LogP contribution is -2.11. The smallest absolute Gasteiger partial charge is 0.0572 e. The summed E-state index contributed by atoms with van der Waals surface area (Å²) in [6.45, 7) is 9.08. The van der Waals surface area contributed by atoms with E-state index in [0.717, 1.165) is 37.1 Å². The van der Waals surface area contributed by atoms with Crippen LogP contribution in [-0.2, 0) is 13.0 Å². The van der Waals surface area contributed by atoms with Crippen molar-refractivity contribution in [3.63, 3.8) is 0 Å². The average Bonchev–Trinajstić information content (AvgIpc) is 2.58. The first-order valence-corrected chi connectivity index (χ1v) is 8.73. The Kier molecular flexibility index (Phi) is 6.80. The van der Waals surface area contributed by atoms with Gasteiger partial charge in [-0.05, 0) is 55.0 Å². The molecule has 2 nitrogen and oxygen atoms in total. The van der Waals surface area contributed by atoms with Gasteiger partial charge < -0.3 is 10.7 Å². The van der Waals surface area contributed by atoms with Crippen molar-refractivity contribution in [2.45, 2.75) is 46.1 Å². The first kappa shape index (κ1) is 18.0. The molecule has 0 radical (unpaired) electrons. The third kappa shape index (κ3) is 5.69. The maximum Gasteiger partial charge on any atom is 0.0572 e. The molecule has 0 fully saturated rings. The minimum Gasteiger partial charge on any atom is -0.381 e. The van der Waals surface area contributed by atoms with E-state index in [-0.39, 0.29) is 0 Å². The Balaban J connectivity index is 1.85. The summed E-state index contributed by atoms with van der Waals surface area (Å²) >= 11 is 0. The van der Waals surface area contributed by atoms with Crippen LogP contribution in [0.25, 0.3) is 0 Å². The van der Waals surface area contributed by atoms with E-state index in [4.69, 9.17) is 5.41 Å². The summed E-state index contributed by atoms with van der Waals surface area (Å²) in [4.78, 5) is 0. The summed E-state index contributed by atoms with van der Waals surface area (Å²) < 4.78 is 0. The van der Waals surface area contributed by atoms with Gasteiger partial charge in [-0.3, -0.25) is 0 Å². The van der Waals surface area contributed by atoms with Crippen molar-refractivity contribution in [2.24, 2.45) is 0 Å². The lowest BCUT2D eigenvalue weighted by Gasteiger charge is -2.11. The fourth-order valence-electron chi connectivity index (χ4n) is 2.82. The number of benzene rings is 1. The Labute approximate surface area is 146 Å². The number of hydrogen-bond donors (Lipinski definition) is 2. The average molecular weight is 320 g/mol. The predicted molar refractivity (Wildman–Crippen MR) is 104 cm³/mol. The van der Waals surface area contributed by atoms with Gasteiger partial charge in [-0.25, -0.2) is 0 Å². The van der Waals surface area contributed by atoms with Crippen LogP contribution in [0.2, 0.25) is 0 Å². The molecule has 0 unspecified atom stereocenters. The monoisotopic (exact) mass is 320 g/mol. The first-order valence-electron chi connectivity index (χ1n) is 8.73. The zero-order valence-electron chi connectivity index (χ0n) is 14.9. The SMILES string of the molecule is C=C(/C=C\C(=N)C1=CC(C)=CCC1)NCc1cccc(CCC)c1. The molecule has 0 saturated carbocycles. The second-order valence-electron chi connectivity index (χ2n) is 6.35. The molecule has 0 amide bonds. The molecule has 0 atom stereocenters. The van der Waals surface area contributed by atoms with Gasteiger partial charge in [0.2, 0.25) is 0 Å². The molecule has 1 aliphatic carbocycles. The van der Waals surface area contributed by atoms with Crippen molar-refractivity contribution in [3.8, 4) is 0 Å². The molecule has 2 heteroatoms. The molecule has 1 aromatic carbocycles. The molecule has 0 bridgehead atoms. The van der Waals surface area contributed by atoms with Crippen LogP contribution in [0.15, 0.2) is 72.0 Å². The van der Waals surface area contributed by atoms with E-state index in [1.165, 1.54) is 23.1 Å². The third-order valence-electron chi connectivity index (χ3n) is 4.13. The van der Waals surface area contributed by atoms with Crippen LogP contribution in [0.5, 0.6) is 0 Å². The Morgan fingerprint density at radius 1 is 1.29 bits per heavy atom. The van der Waals surface area contributed by atoms with Crippen LogP contribution in [0.4, 0.5) is 0 Å². The van der Waals surface area contributed by atoms with Crippen molar-refractivity contribution >= 4 is 5.71 Å². The van der Waals surface area contributed by atoms with E-state index < -0.39 is 0 Å². The summed E-state index contributed by atoms with van der Waals surface area (Å²) in [6.07, 6.45) is 12.3. The van der Waals surface area contributed by atoms with Gasteiger partial charge in [0.15, 0.2) is 0 Å². The van der Waals surface area contributed by atoms with E-state index in [9.17, 15) is 0 Å². The lowest BCUT2D eigenvalue weighted by molar-refractivity contribution is 0.831. The molecule has 0 spiro atoms. The molecule has 0 saturated heterocycles. The highest BCUT2D eigenvalue weighted by molar-refractivity contribution is 6.06. The molecule has 24 heavy (non-hydrogen) atoms. The first-order chi connectivity index (χ1) is 11.6. The van der Waals surface area contributed by atoms with Gasteiger partial charge in [-0.1, -0.05) is 61.9 Å². The van der Waals surface area contributed by atoms with Crippen molar-refractivity contribution in [2.75, 3.05) is 0 Å². The van der Waals surface area contributed by atoms with Crippen molar-refractivity contribution < 1.29 is 0 Å². The van der Waals surface area contributed by atoms with Crippen LogP contribution in [0, 0.1) is 5.41 Å². The highest BCUT2D eigenvalue weighted by Gasteiger charge is 2.06. The normalized spacial score (nSPS) is 14.2. The molecule has 2 N–H and O–H groups in total. The molecular formula is C22H28N2. The quantitative estimate of drug-likeness (QED) is 0.482. The largest absolute Gasteiger partial charge is 0.381 e. The number of nitrogens with one attached hydrogen (secondary N) is 2. The third-order valence-corrected chi connectivity index (χ3v) is 4.13. The molecule has 0 aromatic heterocycles. The van der Waals surface area contributed by atoms with Crippen molar-refractivity contribution in [3.05, 3.63) is 83.1 Å². The predicted octanol–water partition coefficient (Wildman–Crippen LogP) is 5.48. The summed E-state index contributed by atoms with van der Waals surface area (Å²) in [7, 11) is 0. The topological polar surface area (TPSA) is 35.9 Å². The van der Waals surface area contributed by atoms with E-state index in [1.54, 1.807) is 0 Å². The summed E-state index contributed by atoms with van der Waals surface area (Å²) in [5.41, 5.74) is 6.41. The highest BCUT2D eigenvalue weighted by atomic mass is 14.9. The highest BCUT2D eigenvalue weighted by Crippen LogP contribution is 2.18. The summed E-state index contributed by atoms with van der Waals surface area (Å²) in [6, 6.07) is 8.67. The van der Waals surface area contributed by atoms with Crippen molar-refractivity contribution in [1.82, 2.24) is 5.32 Å². The molecule has 1 aromatic rings. The molecule has 1 aliphatic rings. The zero-order valence-corrected chi connectivity index (χ0v) is 14.9. The molecule has 126 valence electrons.